The third-order valence-electron chi connectivity index (χ3n) is 3.97. The third kappa shape index (κ3) is 6.04. The van der Waals surface area contributed by atoms with E-state index in [-0.39, 0.29) is 30.9 Å². The second kappa shape index (κ2) is 8.14. The topological polar surface area (TPSA) is 72.5 Å². The lowest BCUT2D eigenvalue weighted by molar-refractivity contribution is -0.189. The van der Waals surface area contributed by atoms with Gasteiger partial charge in [0.1, 0.15) is 18.3 Å². The first-order valence-corrected chi connectivity index (χ1v) is 8.67. The van der Waals surface area contributed by atoms with Gasteiger partial charge in [0.2, 0.25) is 0 Å². The second-order valence-corrected chi connectivity index (χ2v) is 7.34. The molecule has 0 bridgehead atoms. The molecule has 0 radical (unpaired) electrons. The number of ether oxygens (including phenoxy) is 6. The molecule has 7 heteroatoms. The molecule has 0 aliphatic carbocycles. The zero-order valence-electron chi connectivity index (χ0n) is 15.8. The van der Waals surface area contributed by atoms with Crippen LogP contribution in [0.2, 0.25) is 0 Å². The molecule has 2 aliphatic rings. The molecule has 2 saturated heterocycles. The number of rotatable bonds is 8. The lowest BCUT2D eigenvalue weighted by Crippen LogP contribution is -2.44. The Labute approximate surface area is 149 Å². The first-order valence-electron chi connectivity index (χ1n) is 8.67. The summed E-state index contributed by atoms with van der Waals surface area (Å²) in [4.78, 5) is 11.4. The lowest BCUT2D eigenvalue weighted by atomic mass is 10.1. The van der Waals surface area contributed by atoms with E-state index in [1.807, 2.05) is 27.7 Å². The maximum absolute atomic E-state index is 11.4. The second-order valence-electron chi connectivity index (χ2n) is 7.34. The van der Waals surface area contributed by atoms with E-state index < -0.39 is 11.6 Å². The molecule has 0 spiro atoms. The quantitative estimate of drug-likeness (QED) is 0.374. The van der Waals surface area contributed by atoms with E-state index in [1.165, 1.54) is 0 Å². The Morgan fingerprint density at radius 2 is 1.60 bits per heavy atom. The van der Waals surface area contributed by atoms with Crippen molar-refractivity contribution in [3.05, 3.63) is 12.2 Å². The van der Waals surface area contributed by atoms with Crippen molar-refractivity contribution in [3.8, 4) is 0 Å². The van der Waals surface area contributed by atoms with Crippen LogP contribution in [-0.2, 0) is 33.2 Å². The molecule has 144 valence electrons. The number of esters is 1. The molecule has 2 heterocycles. The smallest absolute Gasteiger partial charge is 0.333 e. The molecule has 2 rings (SSSR count). The summed E-state index contributed by atoms with van der Waals surface area (Å²) in [6.45, 7) is 14.2. The monoisotopic (exact) mass is 358 g/mol. The van der Waals surface area contributed by atoms with E-state index in [4.69, 9.17) is 28.4 Å². The van der Waals surface area contributed by atoms with E-state index in [0.717, 1.165) is 0 Å². The van der Waals surface area contributed by atoms with Crippen LogP contribution in [0.25, 0.3) is 0 Å². The molecule has 0 aromatic carbocycles. The Balaban J connectivity index is 1.85. The van der Waals surface area contributed by atoms with Gasteiger partial charge in [0.05, 0.1) is 26.4 Å². The van der Waals surface area contributed by atoms with Crippen LogP contribution in [0.5, 0.6) is 0 Å². The highest BCUT2D eigenvalue weighted by molar-refractivity contribution is 5.86. The van der Waals surface area contributed by atoms with Crippen molar-refractivity contribution < 1.29 is 33.2 Å². The van der Waals surface area contributed by atoms with Crippen LogP contribution in [0, 0.1) is 0 Å². The minimum atomic E-state index is -0.641. The summed E-state index contributed by atoms with van der Waals surface area (Å²) in [5.41, 5.74) is 0.385. The Morgan fingerprint density at radius 1 is 1.08 bits per heavy atom. The van der Waals surface area contributed by atoms with Crippen LogP contribution in [0.3, 0.4) is 0 Å². The minimum Gasteiger partial charge on any atom is -0.462 e. The van der Waals surface area contributed by atoms with Crippen LogP contribution < -0.4 is 0 Å². The normalized spacial score (nSPS) is 28.7. The van der Waals surface area contributed by atoms with Crippen LogP contribution in [-0.4, -0.2) is 62.3 Å². The molecule has 0 N–H and O–H groups in total. The Hall–Kier alpha value is -0.990. The zero-order valence-corrected chi connectivity index (χ0v) is 15.8. The highest BCUT2D eigenvalue weighted by atomic mass is 16.8. The van der Waals surface area contributed by atoms with Crippen LogP contribution >= 0.6 is 0 Å². The highest BCUT2D eigenvalue weighted by Crippen LogP contribution is 2.32. The van der Waals surface area contributed by atoms with Gasteiger partial charge < -0.3 is 28.4 Å². The molecular formula is C18H30O7. The highest BCUT2D eigenvalue weighted by Gasteiger charge is 2.46. The predicted molar refractivity (Wildman–Crippen MR) is 89.9 cm³/mol. The van der Waals surface area contributed by atoms with Gasteiger partial charge in [0, 0.05) is 12.0 Å². The summed E-state index contributed by atoms with van der Waals surface area (Å²) in [5.74, 6) is -1.67. The van der Waals surface area contributed by atoms with Gasteiger partial charge >= 0.3 is 5.97 Å². The zero-order chi connectivity index (χ0) is 18.7. The molecule has 2 fully saturated rings. The summed E-state index contributed by atoms with van der Waals surface area (Å²) in [5, 5.41) is 0. The minimum absolute atomic E-state index is 0.240. The summed E-state index contributed by atoms with van der Waals surface area (Å²) < 4.78 is 34.3. The number of carbonyl (C=O) groups excluding carboxylic acids is 1. The maximum atomic E-state index is 11.4. The van der Waals surface area contributed by atoms with Gasteiger partial charge in [0.25, 0.3) is 0 Å². The molecule has 25 heavy (non-hydrogen) atoms. The molecular weight excluding hydrogens is 328 g/mol. The van der Waals surface area contributed by atoms with Gasteiger partial charge in [-0.1, -0.05) is 6.58 Å². The SMILES string of the molecule is C=C(C)C(=O)OCCCOC(C1COC(C)(C)O1)C1COC(C)(C)O1. The average Bonchev–Trinajstić information content (AvgIpc) is 3.04. The largest absolute Gasteiger partial charge is 0.462 e. The Bertz CT molecular complexity index is 460. The van der Waals surface area contributed by atoms with Gasteiger partial charge in [-0.15, -0.1) is 0 Å². The predicted octanol–water partition coefficient (Wildman–Crippen LogP) is 2.18. The van der Waals surface area contributed by atoms with Crippen LogP contribution in [0.15, 0.2) is 12.2 Å². The molecule has 2 atom stereocenters. The fourth-order valence-electron chi connectivity index (χ4n) is 2.78. The van der Waals surface area contributed by atoms with Crippen molar-refractivity contribution in [3.63, 3.8) is 0 Å². The van der Waals surface area contributed by atoms with Crippen molar-refractivity contribution in [2.45, 2.75) is 70.9 Å². The van der Waals surface area contributed by atoms with Crippen molar-refractivity contribution >= 4 is 5.97 Å². The van der Waals surface area contributed by atoms with Crippen molar-refractivity contribution in [2.24, 2.45) is 0 Å². The average molecular weight is 358 g/mol. The molecule has 2 aliphatic heterocycles. The lowest BCUT2D eigenvalue weighted by Gasteiger charge is -2.29. The molecule has 0 aromatic rings. The fraction of sp³-hybridized carbons (Fsp3) is 0.833. The molecule has 7 nitrogen and oxygen atoms in total. The summed E-state index contributed by atoms with van der Waals surface area (Å²) in [7, 11) is 0. The van der Waals surface area contributed by atoms with Crippen molar-refractivity contribution in [2.75, 3.05) is 26.4 Å². The summed E-state index contributed by atoms with van der Waals surface area (Å²) >= 11 is 0. The first kappa shape index (κ1) is 20.3. The molecule has 2 unspecified atom stereocenters. The van der Waals surface area contributed by atoms with Crippen LogP contribution in [0.4, 0.5) is 0 Å². The number of hydrogen-bond acceptors (Lipinski definition) is 7. The van der Waals surface area contributed by atoms with Crippen LogP contribution in [0.1, 0.15) is 41.0 Å². The molecule has 0 aromatic heterocycles. The Morgan fingerprint density at radius 3 is 2.00 bits per heavy atom. The van der Waals surface area contributed by atoms with E-state index in [1.54, 1.807) is 6.92 Å². The van der Waals surface area contributed by atoms with E-state index in [9.17, 15) is 4.79 Å². The number of hydrogen-bond donors (Lipinski definition) is 0. The molecule has 0 saturated carbocycles. The molecule has 0 amide bonds. The number of carbonyl (C=O) groups is 1. The summed E-state index contributed by atoms with van der Waals surface area (Å²) in [6.07, 6.45) is -0.227. The fourth-order valence-corrected chi connectivity index (χ4v) is 2.78. The van der Waals surface area contributed by atoms with E-state index >= 15 is 0 Å². The van der Waals surface area contributed by atoms with Gasteiger partial charge in [-0.25, -0.2) is 4.79 Å². The van der Waals surface area contributed by atoms with Crippen molar-refractivity contribution in [1.82, 2.24) is 0 Å². The van der Waals surface area contributed by atoms with E-state index in [2.05, 4.69) is 6.58 Å². The van der Waals surface area contributed by atoms with E-state index in [0.29, 0.717) is 31.8 Å². The standard InChI is InChI=1S/C18H30O7/c1-12(2)16(19)21-9-7-8-20-15(13-10-22-17(3,4)24-13)14-11-23-18(5,6)25-14/h13-15H,1,7-11H2,2-6H3. The maximum Gasteiger partial charge on any atom is 0.333 e. The van der Waals surface area contributed by atoms with Gasteiger partial charge in [-0.2, -0.15) is 0 Å². The Kier molecular flexibility index (Phi) is 6.62. The first-order chi connectivity index (χ1) is 11.6. The van der Waals surface area contributed by atoms with Crippen molar-refractivity contribution in [1.29, 1.82) is 0 Å². The third-order valence-corrected chi connectivity index (χ3v) is 3.97. The van der Waals surface area contributed by atoms with Gasteiger partial charge in [-0.05, 0) is 34.6 Å². The van der Waals surface area contributed by atoms with Gasteiger partial charge in [-0.3, -0.25) is 0 Å². The summed E-state index contributed by atoms with van der Waals surface area (Å²) in [6, 6.07) is 0. The van der Waals surface area contributed by atoms with Gasteiger partial charge in [0.15, 0.2) is 11.6 Å².